The molecule has 0 saturated heterocycles. The molecule has 0 amide bonds. The maximum atomic E-state index is 11.7. The van der Waals surface area contributed by atoms with Gasteiger partial charge in [-0.2, -0.15) is 0 Å². The van der Waals surface area contributed by atoms with Gasteiger partial charge in [0.1, 0.15) is 0 Å². The third kappa shape index (κ3) is 51.0. The summed E-state index contributed by atoms with van der Waals surface area (Å²) in [6, 6.07) is 0. The van der Waals surface area contributed by atoms with Gasteiger partial charge < -0.3 is 9.84 Å². The summed E-state index contributed by atoms with van der Waals surface area (Å²) in [7, 11) is 0. The molecule has 0 heterocycles. The summed E-state index contributed by atoms with van der Waals surface area (Å²) in [5, 5.41) is 9.42. The van der Waals surface area contributed by atoms with Crippen LogP contribution in [-0.2, 0) is 14.3 Å². The van der Waals surface area contributed by atoms with Gasteiger partial charge in [0.05, 0.1) is 12.5 Å². The van der Waals surface area contributed by atoms with Gasteiger partial charge in [0.15, 0.2) is 0 Å². The van der Waals surface area contributed by atoms with Crippen LogP contribution < -0.4 is 0 Å². The quantitative estimate of drug-likeness (QED) is 0.0492. The Kier molecular flexibility index (Phi) is 52.9. The zero-order valence-corrected chi connectivity index (χ0v) is 39.1. The lowest BCUT2D eigenvalue weighted by molar-refractivity contribution is -0.144. The number of carbonyl (C=O) groups excluding carboxylic acids is 1. The standard InChI is InChI=1S/2C26H52O2/c1-3-5-7-9-11-12-13-14-15-16-17-18-19-20-22-24-26(27)28-25-23-21-10-8-6-4-2;1-3-5-7-9-11-12-13-14-15-16-17-18-20-22-24-25(26(27)28)23-21-19-10-8-6-4-2/h3-25H2,1-2H3;25H,3-24H2,1-2H3,(H,27,28). The van der Waals surface area contributed by atoms with Crippen LogP contribution in [0.5, 0.6) is 0 Å². The zero-order valence-electron chi connectivity index (χ0n) is 39.1. The third-order valence-corrected chi connectivity index (χ3v) is 11.9. The molecule has 0 aliphatic carbocycles. The molecule has 1 unspecified atom stereocenters. The maximum Gasteiger partial charge on any atom is 0.306 e. The van der Waals surface area contributed by atoms with Crippen LogP contribution in [-0.4, -0.2) is 23.7 Å². The molecule has 0 saturated carbocycles. The molecule has 336 valence electrons. The van der Waals surface area contributed by atoms with Crippen LogP contribution in [0, 0.1) is 5.92 Å². The minimum Gasteiger partial charge on any atom is -0.481 e. The van der Waals surface area contributed by atoms with Gasteiger partial charge in [-0.15, -0.1) is 0 Å². The van der Waals surface area contributed by atoms with Crippen molar-refractivity contribution < 1.29 is 19.4 Å². The van der Waals surface area contributed by atoms with Crippen molar-refractivity contribution in [2.45, 2.75) is 310 Å². The Morgan fingerprint density at radius 2 is 0.571 bits per heavy atom. The Balaban J connectivity index is 0. The number of carbonyl (C=O) groups is 2. The summed E-state index contributed by atoms with van der Waals surface area (Å²) < 4.78 is 5.33. The lowest BCUT2D eigenvalue weighted by Crippen LogP contribution is -2.13. The Hall–Kier alpha value is -1.06. The topological polar surface area (TPSA) is 63.6 Å². The number of ether oxygens (including phenoxy) is 1. The summed E-state index contributed by atoms with van der Waals surface area (Å²) in [5.74, 6) is -0.644. The zero-order chi connectivity index (χ0) is 41.3. The second-order valence-corrected chi connectivity index (χ2v) is 17.7. The number of rotatable bonds is 46. The van der Waals surface area contributed by atoms with Crippen molar-refractivity contribution in [3.63, 3.8) is 0 Å². The number of hydrogen-bond acceptors (Lipinski definition) is 3. The largest absolute Gasteiger partial charge is 0.481 e. The monoisotopic (exact) mass is 793 g/mol. The van der Waals surface area contributed by atoms with Crippen LogP contribution in [0.3, 0.4) is 0 Å². The Morgan fingerprint density at radius 1 is 0.339 bits per heavy atom. The fourth-order valence-corrected chi connectivity index (χ4v) is 7.93. The van der Waals surface area contributed by atoms with E-state index in [4.69, 9.17) is 4.74 Å². The van der Waals surface area contributed by atoms with Crippen LogP contribution in [0.1, 0.15) is 310 Å². The molecule has 56 heavy (non-hydrogen) atoms. The molecule has 1 atom stereocenters. The van der Waals surface area contributed by atoms with E-state index in [0.29, 0.717) is 13.0 Å². The fraction of sp³-hybridized carbons (Fsp3) is 0.962. The number of unbranched alkanes of at least 4 members (excludes halogenated alkanes) is 37. The van der Waals surface area contributed by atoms with Gasteiger partial charge in [-0.05, 0) is 25.7 Å². The molecular weight excluding hydrogens is 689 g/mol. The van der Waals surface area contributed by atoms with Crippen molar-refractivity contribution >= 4 is 11.9 Å². The molecule has 0 aromatic rings. The number of hydrogen-bond donors (Lipinski definition) is 1. The van der Waals surface area contributed by atoms with E-state index in [-0.39, 0.29) is 11.9 Å². The van der Waals surface area contributed by atoms with E-state index in [2.05, 4.69) is 27.7 Å². The summed E-state index contributed by atoms with van der Waals surface area (Å²) in [6.07, 6.45) is 56.8. The summed E-state index contributed by atoms with van der Waals surface area (Å²) in [4.78, 5) is 23.1. The van der Waals surface area contributed by atoms with E-state index in [1.165, 1.54) is 238 Å². The molecule has 0 bridgehead atoms. The van der Waals surface area contributed by atoms with Crippen molar-refractivity contribution in [2.75, 3.05) is 6.61 Å². The number of carboxylic acid groups (broad SMARTS) is 1. The smallest absolute Gasteiger partial charge is 0.306 e. The average Bonchev–Trinajstić information content (AvgIpc) is 3.19. The Labute approximate surface area is 353 Å². The van der Waals surface area contributed by atoms with Crippen molar-refractivity contribution in [2.24, 2.45) is 5.92 Å². The SMILES string of the molecule is CCCCCCCCCCCCCCCCC(CCCCCCCC)C(=O)O.CCCCCCCCCCCCCCCCCC(=O)OCCCCCCCC. The molecule has 1 N–H and O–H groups in total. The highest BCUT2D eigenvalue weighted by atomic mass is 16.5. The van der Waals surface area contributed by atoms with Crippen LogP contribution in [0.2, 0.25) is 0 Å². The molecule has 0 rings (SSSR count). The molecule has 0 fully saturated rings. The molecule has 0 aliphatic rings. The second kappa shape index (κ2) is 52.0. The van der Waals surface area contributed by atoms with Gasteiger partial charge in [0.25, 0.3) is 0 Å². The van der Waals surface area contributed by atoms with Crippen molar-refractivity contribution in [3.8, 4) is 0 Å². The number of carboxylic acids is 1. The molecule has 0 aromatic heterocycles. The van der Waals surface area contributed by atoms with E-state index in [1.807, 2.05) is 0 Å². The predicted molar refractivity (Wildman–Crippen MR) is 248 cm³/mol. The van der Waals surface area contributed by atoms with Gasteiger partial charge in [-0.25, -0.2) is 0 Å². The summed E-state index contributed by atoms with van der Waals surface area (Å²) >= 11 is 0. The van der Waals surface area contributed by atoms with E-state index < -0.39 is 5.97 Å². The van der Waals surface area contributed by atoms with Crippen molar-refractivity contribution in [1.82, 2.24) is 0 Å². The van der Waals surface area contributed by atoms with Crippen molar-refractivity contribution in [1.29, 1.82) is 0 Å². The first kappa shape index (κ1) is 57.0. The summed E-state index contributed by atoms with van der Waals surface area (Å²) in [5.41, 5.74) is 0. The number of aliphatic carboxylic acids is 1. The first-order chi connectivity index (χ1) is 27.5. The van der Waals surface area contributed by atoms with E-state index in [1.54, 1.807) is 0 Å². The van der Waals surface area contributed by atoms with Gasteiger partial charge >= 0.3 is 11.9 Å². The van der Waals surface area contributed by atoms with Gasteiger partial charge in [0, 0.05) is 6.42 Å². The van der Waals surface area contributed by atoms with E-state index in [0.717, 1.165) is 38.5 Å². The van der Waals surface area contributed by atoms with Crippen LogP contribution in [0.15, 0.2) is 0 Å². The molecular formula is C52H104O4. The average molecular weight is 793 g/mol. The van der Waals surface area contributed by atoms with Gasteiger partial charge in [-0.1, -0.05) is 278 Å². The van der Waals surface area contributed by atoms with Crippen molar-refractivity contribution in [3.05, 3.63) is 0 Å². The molecule has 4 heteroatoms. The van der Waals surface area contributed by atoms with Gasteiger partial charge in [0.2, 0.25) is 0 Å². The second-order valence-electron chi connectivity index (χ2n) is 17.7. The lowest BCUT2D eigenvalue weighted by atomic mass is 9.94. The fourth-order valence-electron chi connectivity index (χ4n) is 7.93. The minimum absolute atomic E-state index is 0.0169. The third-order valence-electron chi connectivity index (χ3n) is 11.9. The molecule has 0 spiro atoms. The van der Waals surface area contributed by atoms with Crippen LogP contribution >= 0.6 is 0 Å². The number of esters is 1. The maximum absolute atomic E-state index is 11.7. The lowest BCUT2D eigenvalue weighted by Gasteiger charge is -2.12. The molecule has 4 nitrogen and oxygen atoms in total. The van der Waals surface area contributed by atoms with Gasteiger partial charge in [-0.3, -0.25) is 9.59 Å². The predicted octanol–water partition coefficient (Wildman–Crippen LogP) is 18.5. The highest BCUT2D eigenvalue weighted by molar-refractivity contribution is 5.70. The van der Waals surface area contributed by atoms with E-state index in [9.17, 15) is 14.7 Å². The highest BCUT2D eigenvalue weighted by Crippen LogP contribution is 2.20. The Bertz CT molecular complexity index is 734. The Morgan fingerprint density at radius 3 is 0.839 bits per heavy atom. The molecule has 0 radical (unpaired) electrons. The molecule has 0 aliphatic heterocycles. The summed E-state index contributed by atoms with van der Waals surface area (Å²) in [6.45, 7) is 9.66. The normalized spacial score (nSPS) is 11.7. The van der Waals surface area contributed by atoms with Crippen LogP contribution in [0.4, 0.5) is 0 Å². The highest BCUT2D eigenvalue weighted by Gasteiger charge is 2.16. The molecule has 0 aromatic carbocycles. The van der Waals surface area contributed by atoms with Crippen LogP contribution in [0.25, 0.3) is 0 Å². The first-order valence-electron chi connectivity index (χ1n) is 25.9. The first-order valence-corrected chi connectivity index (χ1v) is 25.9. The minimum atomic E-state index is -0.566. The van der Waals surface area contributed by atoms with E-state index >= 15 is 0 Å².